The maximum Gasteiger partial charge on any atom is 0.224 e. The van der Waals surface area contributed by atoms with Gasteiger partial charge in [0.1, 0.15) is 6.10 Å². The summed E-state index contributed by atoms with van der Waals surface area (Å²) >= 11 is 1.45. The summed E-state index contributed by atoms with van der Waals surface area (Å²) in [5.74, 6) is -0.586. The lowest BCUT2D eigenvalue weighted by molar-refractivity contribution is -0.129. The van der Waals surface area contributed by atoms with Crippen molar-refractivity contribution >= 4 is 28.5 Å². The van der Waals surface area contributed by atoms with E-state index >= 15 is 0 Å². The number of aromatic nitrogens is 1. The van der Waals surface area contributed by atoms with Crippen molar-refractivity contribution in [1.82, 2.24) is 10.3 Å². The molecule has 1 aliphatic carbocycles. The fraction of sp³-hybridized carbons (Fsp3) is 0.350. The first kappa shape index (κ1) is 18.9. The number of rotatable bonds is 4. The molecule has 4 rings (SSSR count). The molecule has 1 aliphatic heterocycles. The second kappa shape index (κ2) is 8.30. The first-order chi connectivity index (χ1) is 13.6. The Balaban J connectivity index is 1.45. The molecule has 0 unspecified atom stereocenters. The summed E-state index contributed by atoms with van der Waals surface area (Å²) in [7, 11) is 0. The SMILES string of the molecule is O=C(NCc1cccnc1)[C@H]1C[C@@H](O)[C@H](O)[C@H]2N=C(Nc3ccccc3)S[C@@H]21. The van der Waals surface area contributed by atoms with E-state index < -0.39 is 24.2 Å². The lowest BCUT2D eigenvalue weighted by atomic mass is 9.81. The van der Waals surface area contributed by atoms with E-state index in [4.69, 9.17) is 0 Å². The monoisotopic (exact) mass is 398 g/mol. The Hall–Kier alpha value is -2.42. The van der Waals surface area contributed by atoms with E-state index in [-0.39, 0.29) is 17.6 Å². The molecule has 1 amide bonds. The number of benzene rings is 1. The van der Waals surface area contributed by atoms with Gasteiger partial charge in [-0.15, -0.1) is 0 Å². The number of anilines is 1. The molecule has 1 aromatic heterocycles. The molecule has 7 nitrogen and oxygen atoms in total. The maximum atomic E-state index is 12.8. The highest BCUT2D eigenvalue weighted by molar-refractivity contribution is 8.15. The van der Waals surface area contributed by atoms with Crippen LogP contribution in [0.15, 0.2) is 59.9 Å². The van der Waals surface area contributed by atoms with Gasteiger partial charge in [0.25, 0.3) is 0 Å². The number of hydrogen-bond acceptors (Lipinski definition) is 7. The van der Waals surface area contributed by atoms with Gasteiger partial charge >= 0.3 is 0 Å². The summed E-state index contributed by atoms with van der Waals surface area (Å²) < 4.78 is 0. The number of carbonyl (C=O) groups is 1. The number of carbonyl (C=O) groups excluding carboxylic acids is 1. The molecule has 1 fully saturated rings. The lowest BCUT2D eigenvalue weighted by Gasteiger charge is -2.37. The molecular weight excluding hydrogens is 376 g/mol. The zero-order valence-electron chi connectivity index (χ0n) is 15.1. The maximum absolute atomic E-state index is 12.8. The minimum Gasteiger partial charge on any atom is -0.390 e. The van der Waals surface area contributed by atoms with Crippen molar-refractivity contribution in [2.45, 2.75) is 36.5 Å². The van der Waals surface area contributed by atoms with E-state index in [1.165, 1.54) is 11.8 Å². The second-order valence-electron chi connectivity index (χ2n) is 6.98. The molecular formula is C20H22N4O3S. The van der Waals surface area contributed by atoms with Gasteiger partial charge in [-0.05, 0) is 30.2 Å². The van der Waals surface area contributed by atoms with Crippen LogP contribution >= 0.6 is 11.8 Å². The molecule has 5 atom stereocenters. The number of nitrogens with one attached hydrogen (secondary N) is 2. The fourth-order valence-electron chi connectivity index (χ4n) is 3.58. The normalized spacial score (nSPS) is 28.9. The topological polar surface area (TPSA) is 107 Å². The first-order valence-corrected chi connectivity index (χ1v) is 10.1. The van der Waals surface area contributed by atoms with E-state index in [1.807, 2.05) is 42.5 Å². The molecule has 2 aliphatic rings. The molecule has 146 valence electrons. The number of aliphatic imine (C=N–C) groups is 1. The molecule has 4 N–H and O–H groups in total. The Morgan fingerprint density at radius 2 is 2.00 bits per heavy atom. The smallest absolute Gasteiger partial charge is 0.224 e. The van der Waals surface area contributed by atoms with Gasteiger partial charge in [0, 0.05) is 29.9 Å². The molecule has 2 heterocycles. The zero-order valence-corrected chi connectivity index (χ0v) is 15.9. The van der Waals surface area contributed by atoms with Gasteiger partial charge in [-0.25, -0.2) is 0 Å². The van der Waals surface area contributed by atoms with Crippen LogP contribution in [0.4, 0.5) is 5.69 Å². The summed E-state index contributed by atoms with van der Waals surface area (Å²) in [5, 5.41) is 27.3. The number of para-hydroxylation sites is 1. The van der Waals surface area contributed by atoms with Crippen LogP contribution < -0.4 is 10.6 Å². The summed E-state index contributed by atoms with van der Waals surface area (Å²) in [4.78, 5) is 21.4. The van der Waals surface area contributed by atoms with Gasteiger partial charge in [0.15, 0.2) is 5.17 Å². The van der Waals surface area contributed by atoms with Crippen molar-refractivity contribution in [2.75, 3.05) is 5.32 Å². The largest absolute Gasteiger partial charge is 0.390 e. The minimum atomic E-state index is -0.977. The number of hydrogen-bond donors (Lipinski definition) is 4. The van der Waals surface area contributed by atoms with Gasteiger partial charge in [-0.1, -0.05) is 36.0 Å². The van der Waals surface area contributed by atoms with Crippen LogP contribution in [-0.2, 0) is 11.3 Å². The molecule has 28 heavy (non-hydrogen) atoms. The summed E-state index contributed by atoms with van der Waals surface area (Å²) in [6.45, 7) is 0.375. The third-order valence-corrected chi connectivity index (χ3v) is 6.35. The van der Waals surface area contributed by atoms with E-state index in [0.717, 1.165) is 11.3 Å². The van der Waals surface area contributed by atoms with Gasteiger partial charge in [0.05, 0.1) is 18.1 Å². The minimum absolute atomic E-state index is 0.145. The number of thioether (sulfide) groups is 1. The second-order valence-corrected chi connectivity index (χ2v) is 8.14. The van der Waals surface area contributed by atoms with Crippen molar-refractivity contribution in [3.05, 3.63) is 60.4 Å². The zero-order chi connectivity index (χ0) is 19.5. The molecule has 0 saturated heterocycles. The molecule has 1 aromatic carbocycles. The fourth-order valence-corrected chi connectivity index (χ4v) is 4.95. The van der Waals surface area contributed by atoms with Crippen LogP contribution in [0.25, 0.3) is 0 Å². The van der Waals surface area contributed by atoms with Crippen LogP contribution in [0.1, 0.15) is 12.0 Å². The van der Waals surface area contributed by atoms with Crippen molar-refractivity contribution < 1.29 is 15.0 Å². The van der Waals surface area contributed by atoms with Gasteiger partial charge in [0.2, 0.25) is 5.91 Å². The highest BCUT2D eigenvalue weighted by Gasteiger charge is 2.50. The van der Waals surface area contributed by atoms with E-state index in [9.17, 15) is 15.0 Å². The van der Waals surface area contributed by atoms with Crippen LogP contribution in [-0.4, -0.2) is 49.8 Å². The van der Waals surface area contributed by atoms with Gasteiger partial charge < -0.3 is 20.8 Å². The predicted molar refractivity (Wildman–Crippen MR) is 109 cm³/mol. The number of aliphatic hydroxyl groups excluding tert-OH is 2. The number of aliphatic hydroxyl groups is 2. The third kappa shape index (κ3) is 4.04. The molecule has 1 saturated carbocycles. The molecule has 2 aromatic rings. The van der Waals surface area contributed by atoms with Gasteiger partial charge in [-0.3, -0.25) is 14.8 Å². The Morgan fingerprint density at radius 1 is 1.18 bits per heavy atom. The number of fused-ring (bicyclic) bond motifs is 1. The highest BCUT2D eigenvalue weighted by atomic mass is 32.2. The van der Waals surface area contributed by atoms with E-state index in [1.54, 1.807) is 12.4 Å². The van der Waals surface area contributed by atoms with E-state index in [2.05, 4.69) is 20.6 Å². The van der Waals surface area contributed by atoms with E-state index in [0.29, 0.717) is 11.7 Å². The van der Waals surface area contributed by atoms with Crippen LogP contribution in [0.3, 0.4) is 0 Å². The molecule has 0 radical (unpaired) electrons. The number of pyridine rings is 1. The first-order valence-electron chi connectivity index (χ1n) is 9.21. The van der Waals surface area contributed by atoms with Crippen LogP contribution in [0.5, 0.6) is 0 Å². The summed E-state index contributed by atoms with van der Waals surface area (Å²) in [6.07, 6.45) is 1.65. The average Bonchev–Trinajstić information content (AvgIpc) is 3.14. The Morgan fingerprint density at radius 3 is 2.75 bits per heavy atom. The number of amidine groups is 1. The Labute approximate surface area is 167 Å². The molecule has 0 spiro atoms. The predicted octanol–water partition coefficient (Wildman–Crippen LogP) is 1.39. The number of nitrogens with zero attached hydrogens (tertiary/aromatic N) is 2. The van der Waals surface area contributed by atoms with Crippen molar-refractivity contribution in [2.24, 2.45) is 10.9 Å². The summed E-state index contributed by atoms with van der Waals surface area (Å²) in [5.41, 5.74) is 1.80. The average molecular weight is 398 g/mol. The third-order valence-electron chi connectivity index (χ3n) is 5.04. The Bertz CT molecular complexity index is 849. The Kier molecular flexibility index (Phi) is 5.61. The standard InChI is InChI=1S/C20H22N4O3S/c25-15-9-14(19(27)22-11-12-5-4-8-21-10-12)18-16(17(15)26)24-20(28-18)23-13-6-2-1-3-7-13/h1-8,10,14-18,25-26H,9,11H2,(H,22,27)(H,23,24)/t14-,15+,16+,17-,18+/m0/s1. The van der Waals surface area contributed by atoms with Crippen LogP contribution in [0.2, 0.25) is 0 Å². The van der Waals surface area contributed by atoms with Crippen molar-refractivity contribution in [3.63, 3.8) is 0 Å². The van der Waals surface area contributed by atoms with Crippen molar-refractivity contribution in [3.8, 4) is 0 Å². The van der Waals surface area contributed by atoms with Gasteiger partial charge in [-0.2, -0.15) is 0 Å². The number of amides is 1. The summed E-state index contributed by atoms with van der Waals surface area (Å²) in [6, 6.07) is 12.8. The highest BCUT2D eigenvalue weighted by Crippen LogP contribution is 2.41. The molecule has 8 heteroatoms. The lowest BCUT2D eigenvalue weighted by Crippen LogP contribution is -2.53. The van der Waals surface area contributed by atoms with Crippen LogP contribution in [0, 0.1) is 5.92 Å². The molecule has 0 bridgehead atoms. The quantitative estimate of drug-likeness (QED) is 0.620. The van der Waals surface area contributed by atoms with Crippen molar-refractivity contribution in [1.29, 1.82) is 0 Å².